The maximum absolute atomic E-state index is 12.5. The quantitative estimate of drug-likeness (QED) is 0.461. The minimum absolute atomic E-state index is 0.485. The summed E-state index contributed by atoms with van der Waals surface area (Å²) in [4.78, 5) is 0. The first kappa shape index (κ1) is 10.8. The lowest BCUT2D eigenvalue weighted by Crippen LogP contribution is -2.52. The van der Waals surface area contributed by atoms with Gasteiger partial charge in [0.05, 0.1) is 12.0 Å². The molecule has 2 heterocycles. The van der Waals surface area contributed by atoms with Crippen LogP contribution in [0, 0.1) is 5.92 Å². The Labute approximate surface area is 80.7 Å². The normalized spacial score (nSPS) is 40.1. The van der Waals surface area contributed by atoms with E-state index in [0.29, 0.717) is 6.08 Å². The Balaban J connectivity index is 2.41. The van der Waals surface area contributed by atoms with Crippen molar-refractivity contribution in [3.8, 4) is 0 Å². The highest BCUT2D eigenvalue weighted by atomic mass is 19.4. The number of hydrogen-bond donors (Lipinski definition) is 0. The van der Waals surface area contributed by atoms with Gasteiger partial charge in [-0.2, -0.15) is 26.3 Å². The Bertz CT molecular complexity index is 303. The molecule has 7 heteroatoms. The van der Waals surface area contributed by atoms with Crippen molar-refractivity contribution in [1.82, 2.24) is 0 Å². The largest absolute Gasteiger partial charge is 0.421 e. The molecule has 3 unspecified atom stereocenters. The molecule has 1 saturated heterocycles. The molecular formula is C8H6F6O. The van der Waals surface area contributed by atoms with Gasteiger partial charge in [-0.25, -0.2) is 0 Å². The summed E-state index contributed by atoms with van der Waals surface area (Å²) in [5, 5.41) is 0. The van der Waals surface area contributed by atoms with E-state index < -0.39 is 36.4 Å². The van der Waals surface area contributed by atoms with E-state index in [4.69, 9.17) is 0 Å². The van der Waals surface area contributed by atoms with Crippen LogP contribution in [0.15, 0.2) is 12.2 Å². The summed E-state index contributed by atoms with van der Waals surface area (Å²) in [6, 6.07) is 0. The SMILES string of the molecule is FC(F)(F)C1CC2C=CC1(C(F)(F)F)O2. The number of fused-ring (bicyclic) bond motifs is 2. The van der Waals surface area contributed by atoms with Gasteiger partial charge in [0.2, 0.25) is 0 Å². The number of rotatable bonds is 0. The van der Waals surface area contributed by atoms with Gasteiger partial charge in [0.1, 0.15) is 0 Å². The Hall–Kier alpha value is -0.720. The molecule has 1 fully saturated rings. The van der Waals surface area contributed by atoms with Crippen LogP contribution in [0.4, 0.5) is 26.3 Å². The van der Waals surface area contributed by atoms with E-state index in [0.717, 1.165) is 6.08 Å². The molecule has 86 valence electrons. The second-order valence-electron chi connectivity index (χ2n) is 3.64. The minimum atomic E-state index is -5.03. The van der Waals surface area contributed by atoms with Crippen LogP contribution in [0.5, 0.6) is 0 Å². The first-order chi connectivity index (χ1) is 6.67. The summed E-state index contributed by atoms with van der Waals surface area (Å²) in [7, 11) is 0. The average Bonchev–Trinajstić information content (AvgIpc) is 2.57. The zero-order chi connectivity index (χ0) is 11.5. The van der Waals surface area contributed by atoms with Gasteiger partial charge in [-0.15, -0.1) is 0 Å². The number of alkyl halides is 6. The Morgan fingerprint density at radius 2 is 1.73 bits per heavy atom. The fraction of sp³-hybridized carbons (Fsp3) is 0.750. The highest BCUT2D eigenvalue weighted by molar-refractivity contribution is 5.24. The zero-order valence-electron chi connectivity index (χ0n) is 7.19. The van der Waals surface area contributed by atoms with E-state index in [-0.39, 0.29) is 0 Å². The maximum Gasteiger partial charge on any atom is 0.421 e. The molecule has 0 aromatic rings. The number of hydrogen-bond acceptors (Lipinski definition) is 1. The summed E-state index contributed by atoms with van der Waals surface area (Å²) < 4.78 is 79.2. The summed E-state index contributed by atoms with van der Waals surface area (Å²) >= 11 is 0. The van der Waals surface area contributed by atoms with Gasteiger partial charge >= 0.3 is 12.4 Å². The van der Waals surface area contributed by atoms with Crippen LogP contribution in [-0.2, 0) is 4.74 Å². The lowest BCUT2D eigenvalue weighted by Gasteiger charge is -2.33. The average molecular weight is 232 g/mol. The minimum Gasteiger partial charge on any atom is -0.353 e. The standard InChI is InChI=1S/C8H6F6O/c9-7(10,11)5-3-4-1-2-6(5,15-4)8(12,13)14/h1-2,4-5H,3H2. The monoisotopic (exact) mass is 232 g/mol. The second kappa shape index (κ2) is 2.69. The molecule has 3 atom stereocenters. The molecule has 1 nitrogen and oxygen atoms in total. The zero-order valence-corrected chi connectivity index (χ0v) is 7.19. The number of halogens is 6. The van der Waals surface area contributed by atoms with Crippen LogP contribution in [0.25, 0.3) is 0 Å². The Morgan fingerprint density at radius 1 is 1.13 bits per heavy atom. The van der Waals surface area contributed by atoms with Crippen molar-refractivity contribution in [2.75, 3.05) is 0 Å². The van der Waals surface area contributed by atoms with Crippen molar-refractivity contribution >= 4 is 0 Å². The van der Waals surface area contributed by atoms with Crippen LogP contribution in [0.1, 0.15) is 6.42 Å². The van der Waals surface area contributed by atoms with Crippen molar-refractivity contribution in [1.29, 1.82) is 0 Å². The van der Waals surface area contributed by atoms with Gasteiger partial charge in [-0.3, -0.25) is 0 Å². The molecule has 0 saturated carbocycles. The summed E-state index contributed by atoms with van der Waals surface area (Å²) in [6.45, 7) is 0. The number of ether oxygens (including phenoxy) is 1. The highest BCUT2D eigenvalue weighted by Gasteiger charge is 2.72. The second-order valence-corrected chi connectivity index (χ2v) is 3.64. The van der Waals surface area contributed by atoms with Gasteiger partial charge < -0.3 is 4.74 Å². The van der Waals surface area contributed by atoms with Crippen molar-refractivity contribution in [2.24, 2.45) is 5.92 Å². The molecule has 0 N–H and O–H groups in total. The highest BCUT2D eigenvalue weighted by Crippen LogP contribution is 2.57. The molecule has 0 radical (unpaired) electrons. The lowest BCUT2D eigenvalue weighted by molar-refractivity contribution is -0.293. The van der Waals surface area contributed by atoms with Gasteiger partial charge in [-0.05, 0) is 12.5 Å². The molecule has 0 spiro atoms. The van der Waals surface area contributed by atoms with Crippen LogP contribution in [0.3, 0.4) is 0 Å². The third-order valence-electron chi connectivity index (χ3n) is 2.73. The fourth-order valence-electron chi connectivity index (χ4n) is 2.05. The molecule has 2 aliphatic heterocycles. The van der Waals surface area contributed by atoms with E-state index in [9.17, 15) is 26.3 Å². The summed E-state index contributed by atoms with van der Waals surface area (Å²) in [6.07, 6.45) is -10.1. The van der Waals surface area contributed by atoms with E-state index in [2.05, 4.69) is 4.74 Å². The van der Waals surface area contributed by atoms with Crippen molar-refractivity contribution in [3.63, 3.8) is 0 Å². The van der Waals surface area contributed by atoms with E-state index in [1.807, 2.05) is 0 Å². The molecule has 15 heavy (non-hydrogen) atoms. The molecule has 0 amide bonds. The van der Waals surface area contributed by atoms with Gasteiger partial charge in [-0.1, -0.05) is 6.08 Å². The van der Waals surface area contributed by atoms with E-state index in [1.165, 1.54) is 0 Å². The maximum atomic E-state index is 12.5. The molecule has 0 aliphatic carbocycles. The first-order valence-corrected chi connectivity index (χ1v) is 4.17. The Kier molecular flexibility index (Phi) is 1.94. The van der Waals surface area contributed by atoms with Crippen LogP contribution in [-0.4, -0.2) is 24.1 Å². The van der Waals surface area contributed by atoms with Crippen molar-refractivity contribution < 1.29 is 31.1 Å². The topological polar surface area (TPSA) is 9.23 Å². The summed E-state index contributed by atoms with van der Waals surface area (Å²) in [5.74, 6) is -2.49. The van der Waals surface area contributed by atoms with Crippen molar-refractivity contribution in [2.45, 2.75) is 30.5 Å². The predicted octanol–water partition coefficient (Wildman–Crippen LogP) is 2.82. The third-order valence-corrected chi connectivity index (χ3v) is 2.73. The molecule has 0 aromatic heterocycles. The van der Waals surface area contributed by atoms with E-state index >= 15 is 0 Å². The molecule has 2 rings (SSSR count). The van der Waals surface area contributed by atoms with E-state index in [1.54, 1.807) is 0 Å². The molecule has 0 aromatic carbocycles. The first-order valence-electron chi connectivity index (χ1n) is 4.17. The Morgan fingerprint density at radius 3 is 2.07 bits per heavy atom. The van der Waals surface area contributed by atoms with Crippen LogP contribution >= 0.6 is 0 Å². The van der Waals surface area contributed by atoms with Gasteiger partial charge in [0, 0.05) is 0 Å². The van der Waals surface area contributed by atoms with Crippen LogP contribution < -0.4 is 0 Å². The van der Waals surface area contributed by atoms with Gasteiger partial charge in [0.15, 0.2) is 5.60 Å². The smallest absolute Gasteiger partial charge is 0.353 e. The molecular weight excluding hydrogens is 226 g/mol. The fourth-order valence-corrected chi connectivity index (χ4v) is 2.05. The van der Waals surface area contributed by atoms with Gasteiger partial charge in [0.25, 0.3) is 0 Å². The van der Waals surface area contributed by atoms with Crippen molar-refractivity contribution in [3.05, 3.63) is 12.2 Å². The third kappa shape index (κ3) is 1.36. The lowest BCUT2D eigenvalue weighted by atomic mass is 9.82. The summed E-state index contributed by atoms with van der Waals surface area (Å²) in [5.41, 5.74) is -3.16. The van der Waals surface area contributed by atoms with Crippen LogP contribution in [0.2, 0.25) is 0 Å². The molecule has 2 aliphatic rings. The molecule has 2 bridgehead atoms. The predicted molar refractivity (Wildman–Crippen MR) is 37.0 cm³/mol.